The highest BCUT2D eigenvalue weighted by molar-refractivity contribution is 9.10. The highest BCUT2D eigenvalue weighted by Gasteiger charge is 2.21. The fraction of sp³-hybridized carbons (Fsp3) is 0.385. The molecule has 1 unspecified atom stereocenters. The SMILES string of the molecule is NC1CCCN(C(=O)Nc2cc(Br)cc(C(=O)O)c2)C1. The first kappa shape index (κ1) is 14.8. The van der Waals surface area contributed by atoms with Crippen molar-refractivity contribution in [3.63, 3.8) is 0 Å². The van der Waals surface area contributed by atoms with Gasteiger partial charge in [0.25, 0.3) is 0 Å². The summed E-state index contributed by atoms with van der Waals surface area (Å²) in [7, 11) is 0. The van der Waals surface area contributed by atoms with E-state index in [2.05, 4.69) is 21.2 Å². The number of carbonyl (C=O) groups is 2. The number of nitrogens with one attached hydrogen (secondary N) is 1. The molecular weight excluding hydrogens is 326 g/mol. The maximum atomic E-state index is 12.1. The summed E-state index contributed by atoms with van der Waals surface area (Å²) >= 11 is 3.23. The maximum Gasteiger partial charge on any atom is 0.335 e. The molecule has 0 saturated carbocycles. The van der Waals surface area contributed by atoms with Crippen LogP contribution in [0.3, 0.4) is 0 Å². The van der Waals surface area contributed by atoms with Gasteiger partial charge >= 0.3 is 12.0 Å². The van der Waals surface area contributed by atoms with Gasteiger partial charge in [0.05, 0.1) is 5.56 Å². The number of benzene rings is 1. The van der Waals surface area contributed by atoms with Gasteiger partial charge in [0.1, 0.15) is 0 Å². The average Bonchev–Trinajstić information content (AvgIpc) is 2.37. The van der Waals surface area contributed by atoms with E-state index in [-0.39, 0.29) is 17.6 Å². The van der Waals surface area contributed by atoms with Gasteiger partial charge in [-0.25, -0.2) is 9.59 Å². The molecule has 0 aliphatic carbocycles. The number of halogens is 1. The number of anilines is 1. The summed E-state index contributed by atoms with van der Waals surface area (Å²) < 4.78 is 0.600. The van der Waals surface area contributed by atoms with Crippen LogP contribution in [0.2, 0.25) is 0 Å². The molecule has 7 heteroatoms. The number of aromatic carboxylic acids is 1. The van der Waals surface area contributed by atoms with E-state index in [9.17, 15) is 9.59 Å². The van der Waals surface area contributed by atoms with Crippen molar-refractivity contribution in [2.24, 2.45) is 5.73 Å². The molecule has 1 aromatic carbocycles. The van der Waals surface area contributed by atoms with Gasteiger partial charge in [0.2, 0.25) is 0 Å². The Morgan fingerprint density at radius 2 is 2.15 bits per heavy atom. The van der Waals surface area contributed by atoms with Crippen LogP contribution in [0, 0.1) is 0 Å². The first-order valence-electron chi connectivity index (χ1n) is 6.31. The summed E-state index contributed by atoms with van der Waals surface area (Å²) in [5, 5.41) is 11.7. The monoisotopic (exact) mass is 341 g/mol. The van der Waals surface area contributed by atoms with Gasteiger partial charge in [-0.15, -0.1) is 0 Å². The van der Waals surface area contributed by atoms with Crippen molar-refractivity contribution in [2.75, 3.05) is 18.4 Å². The lowest BCUT2D eigenvalue weighted by Gasteiger charge is -2.30. The van der Waals surface area contributed by atoms with Gasteiger partial charge in [0.15, 0.2) is 0 Å². The molecule has 0 aromatic heterocycles. The number of carboxylic acids is 1. The Kier molecular flexibility index (Phi) is 4.61. The lowest BCUT2D eigenvalue weighted by atomic mass is 10.1. The van der Waals surface area contributed by atoms with Crippen LogP contribution in [0.25, 0.3) is 0 Å². The van der Waals surface area contributed by atoms with Crippen molar-refractivity contribution in [3.05, 3.63) is 28.2 Å². The standard InChI is InChI=1S/C13H16BrN3O3/c14-9-4-8(12(18)19)5-11(6-9)16-13(20)17-3-1-2-10(15)7-17/h4-6,10H,1-3,7,15H2,(H,16,20)(H,18,19). The fourth-order valence-electron chi connectivity index (χ4n) is 2.18. The second-order valence-electron chi connectivity index (χ2n) is 4.81. The molecule has 1 atom stereocenters. The molecule has 0 spiro atoms. The number of amides is 2. The number of hydrogen-bond donors (Lipinski definition) is 3. The van der Waals surface area contributed by atoms with Gasteiger partial charge in [-0.2, -0.15) is 0 Å². The minimum Gasteiger partial charge on any atom is -0.478 e. The van der Waals surface area contributed by atoms with Crippen LogP contribution in [-0.2, 0) is 0 Å². The predicted molar refractivity (Wildman–Crippen MR) is 78.9 cm³/mol. The largest absolute Gasteiger partial charge is 0.478 e. The van der Waals surface area contributed by atoms with Crippen molar-refractivity contribution in [3.8, 4) is 0 Å². The summed E-state index contributed by atoms with van der Waals surface area (Å²) in [4.78, 5) is 24.7. The molecule has 1 aliphatic rings. The lowest BCUT2D eigenvalue weighted by molar-refractivity contribution is 0.0697. The minimum atomic E-state index is -1.04. The number of rotatable bonds is 2. The Hall–Kier alpha value is -1.60. The van der Waals surface area contributed by atoms with Crippen LogP contribution in [0.4, 0.5) is 10.5 Å². The fourth-order valence-corrected chi connectivity index (χ4v) is 2.68. The summed E-state index contributed by atoms with van der Waals surface area (Å²) in [5.74, 6) is -1.04. The molecule has 0 radical (unpaired) electrons. The van der Waals surface area contributed by atoms with E-state index >= 15 is 0 Å². The van der Waals surface area contributed by atoms with Crippen LogP contribution in [-0.4, -0.2) is 41.1 Å². The third-order valence-corrected chi connectivity index (χ3v) is 3.60. The maximum absolute atomic E-state index is 12.1. The van der Waals surface area contributed by atoms with Crippen LogP contribution in [0.1, 0.15) is 23.2 Å². The molecule has 0 bridgehead atoms. The van der Waals surface area contributed by atoms with Crippen molar-refractivity contribution >= 4 is 33.6 Å². The van der Waals surface area contributed by atoms with Crippen LogP contribution in [0.15, 0.2) is 22.7 Å². The Labute approximate surface area is 125 Å². The topological polar surface area (TPSA) is 95.7 Å². The number of nitrogens with zero attached hydrogens (tertiary/aromatic N) is 1. The molecule has 1 fully saturated rings. The third-order valence-electron chi connectivity index (χ3n) is 3.14. The molecule has 1 heterocycles. The van der Waals surface area contributed by atoms with E-state index in [0.717, 1.165) is 12.8 Å². The van der Waals surface area contributed by atoms with E-state index in [4.69, 9.17) is 10.8 Å². The summed E-state index contributed by atoms with van der Waals surface area (Å²) in [5.41, 5.74) is 6.40. The van der Waals surface area contributed by atoms with E-state index in [1.807, 2.05) is 0 Å². The Balaban J connectivity index is 2.09. The second kappa shape index (κ2) is 6.23. The molecule has 2 rings (SSSR count). The number of likely N-dealkylation sites (tertiary alicyclic amines) is 1. The summed E-state index contributed by atoms with van der Waals surface area (Å²) in [6.07, 6.45) is 1.80. The molecule has 4 N–H and O–H groups in total. The first-order valence-corrected chi connectivity index (χ1v) is 7.10. The lowest BCUT2D eigenvalue weighted by Crippen LogP contribution is -2.47. The van der Waals surface area contributed by atoms with E-state index in [0.29, 0.717) is 23.2 Å². The Bertz CT molecular complexity index is 536. The molecule has 2 amide bonds. The summed E-state index contributed by atoms with van der Waals surface area (Å²) in [6, 6.07) is 4.32. The van der Waals surface area contributed by atoms with Crippen LogP contribution >= 0.6 is 15.9 Å². The molecule has 1 saturated heterocycles. The minimum absolute atomic E-state index is 0.00610. The number of hydrogen-bond acceptors (Lipinski definition) is 3. The number of urea groups is 1. The molecule has 20 heavy (non-hydrogen) atoms. The number of carboxylic acid groups (broad SMARTS) is 1. The average molecular weight is 342 g/mol. The highest BCUT2D eigenvalue weighted by Crippen LogP contribution is 2.20. The van der Waals surface area contributed by atoms with Crippen LogP contribution < -0.4 is 11.1 Å². The normalized spacial score (nSPS) is 18.7. The van der Waals surface area contributed by atoms with Gasteiger partial charge in [-0.1, -0.05) is 15.9 Å². The highest BCUT2D eigenvalue weighted by atomic mass is 79.9. The third kappa shape index (κ3) is 3.71. The molecule has 6 nitrogen and oxygen atoms in total. The van der Waals surface area contributed by atoms with Crippen molar-refractivity contribution in [1.29, 1.82) is 0 Å². The van der Waals surface area contributed by atoms with Gasteiger partial charge < -0.3 is 21.1 Å². The van der Waals surface area contributed by atoms with Crippen molar-refractivity contribution < 1.29 is 14.7 Å². The van der Waals surface area contributed by atoms with Crippen molar-refractivity contribution in [1.82, 2.24) is 4.90 Å². The number of piperidine rings is 1. The quantitative estimate of drug-likeness (QED) is 0.767. The van der Waals surface area contributed by atoms with E-state index in [1.165, 1.54) is 12.1 Å². The zero-order valence-corrected chi connectivity index (χ0v) is 12.4. The Morgan fingerprint density at radius 3 is 2.80 bits per heavy atom. The first-order chi connectivity index (χ1) is 9.45. The summed E-state index contributed by atoms with van der Waals surface area (Å²) in [6.45, 7) is 1.19. The smallest absolute Gasteiger partial charge is 0.335 e. The van der Waals surface area contributed by atoms with Crippen molar-refractivity contribution in [2.45, 2.75) is 18.9 Å². The second-order valence-corrected chi connectivity index (χ2v) is 5.73. The molecule has 1 aromatic rings. The van der Waals surface area contributed by atoms with Gasteiger partial charge in [-0.05, 0) is 31.0 Å². The molecular formula is C13H16BrN3O3. The van der Waals surface area contributed by atoms with Gasteiger partial charge in [0, 0.05) is 29.3 Å². The van der Waals surface area contributed by atoms with Crippen LogP contribution in [0.5, 0.6) is 0 Å². The number of nitrogens with two attached hydrogens (primary N) is 1. The van der Waals surface area contributed by atoms with Gasteiger partial charge in [-0.3, -0.25) is 0 Å². The Morgan fingerprint density at radius 1 is 1.40 bits per heavy atom. The van der Waals surface area contributed by atoms with E-state index in [1.54, 1.807) is 11.0 Å². The van der Waals surface area contributed by atoms with E-state index < -0.39 is 5.97 Å². The molecule has 108 valence electrons. The predicted octanol–water partition coefficient (Wildman–Crippen LogP) is 2.10. The number of carbonyl (C=O) groups excluding carboxylic acids is 1. The zero-order valence-electron chi connectivity index (χ0n) is 10.8. The zero-order chi connectivity index (χ0) is 14.7. The molecule has 1 aliphatic heterocycles.